The number of aromatic nitrogens is 3. The van der Waals surface area contributed by atoms with E-state index >= 15 is 0 Å². The van der Waals surface area contributed by atoms with Gasteiger partial charge in [-0.05, 0) is 18.6 Å². The van der Waals surface area contributed by atoms with Crippen molar-refractivity contribution in [1.29, 1.82) is 0 Å². The molecule has 1 aromatic carbocycles. The predicted octanol–water partition coefficient (Wildman–Crippen LogP) is 3.05. The number of rotatable bonds is 1. The maximum atomic E-state index is 12.1. The zero-order valence-electron chi connectivity index (χ0n) is 12.9. The first-order valence-corrected chi connectivity index (χ1v) is 8.48. The highest BCUT2D eigenvalue weighted by atomic mass is 32.2. The van der Waals surface area contributed by atoms with Crippen LogP contribution in [0.2, 0.25) is 0 Å². The van der Waals surface area contributed by atoms with Gasteiger partial charge in [0.05, 0.1) is 22.2 Å². The van der Waals surface area contributed by atoms with E-state index in [0.717, 1.165) is 33.5 Å². The second-order valence-corrected chi connectivity index (χ2v) is 6.73. The highest BCUT2D eigenvalue weighted by Gasteiger charge is 2.30. The lowest BCUT2D eigenvalue weighted by Gasteiger charge is -2.16. The number of carbonyl (C=O) groups is 1. The summed E-state index contributed by atoms with van der Waals surface area (Å²) >= 11 is 1.62. The number of fused-ring (bicyclic) bond motifs is 2. The second-order valence-electron chi connectivity index (χ2n) is 5.63. The third-order valence-corrected chi connectivity index (χ3v) is 5.37. The van der Waals surface area contributed by atoms with Crippen LogP contribution in [0.15, 0.2) is 36.5 Å². The molecule has 3 aromatic rings. The minimum atomic E-state index is 0.00921. The Hall–Kier alpha value is -2.34. The molecule has 2 aromatic heterocycles. The van der Waals surface area contributed by atoms with Crippen LogP contribution in [-0.4, -0.2) is 26.4 Å². The Balaban J connectivity index is 1.96. The SMILES string of the molecule is Cc1nn(C)c2c1[C@H](c1cccc3cccnc13)SCC(=O)N2. The van der Waals surface area contributed by atoms with Crippen molar-refractivity contribution in [3.05, 3.63) is 53.3 Å². The standard InChI is InChI=1S/C17H16N4OS/c1-10-14-16(23-9-13(22)19-17(14)21(2)20-10)12-7-3-5-11-6-4-8-18-15(11)12/h3-8,16H,9H2,1-2H3,(H,19,22)/t16-/m0/s1. The van der Waals surface area contributed by atoms with Gasteiger partial charge < -0.3 is 5.32 Å². The topological polar surface area (TPSA) is 59.8 Å². The van der Waals surface area contributed by atoms with Gasteiger partial charge in [0.2, 0.25) is 5.91 Å². The van der Waals surface area contributed by atoms with Crippen molar-refractivity contribution in [2.24, 2.45) is 7.05 Å². The molecule has 116 valence electrons. The summed E-state index contributed by atoms with van der Waals surface area (Å²) in [5, 5.41) is 8.62. The molecule has 5 nitrogen and oxygen atoms in total. The van der Waals surface area contributed by atoms with Crippen molar-refractivity contribution in [3.63, 3.8) is 0 Å². The summed E-state index contributed by atoms with van der Waals surface area (Å²) in [5.41, 5.74) is 4.12. The Labute approximate surface area is 138 Å². The monoisotopic (exact) mass is 324 g/mol. The Morgan fingerprint density at radius 3 is 3.00 bits per heavy atom. The minimum absolute atomic E-state index is 0.00921. The number of nitrogens with one attached hydrogen (secondary N) is 1. The van der Waals surface area contributed by atoms with Gasteiger partial charge in [0.25, 0.3) is 0 Å². The van der Waals surface area contributed by atoms with Crippen molar-refractivity contribution in [3.8, 4) is 0 Å². The number of hydrogen-bond donors (Lipinski definition) is 1. The fourth-order valence-electron chi connectivity index (χ4n) is 3.13. The van der Waals surface area contributed by atoms with E-state index in [4.69, 9.17) is 0 Å². The molecule has 23 heavy (non-hydrogen) atoms. The fraction of sp³-hybridized carbons (Fsp3) is 0.235. The number of anilines is 1. The van der Waals surface area contributed by atoms with Gasteiger partial charge in [-0.3, -0.25) is 14.5 Å². The summed E-state index contributed by atoms with van der Waals surface area (Å²) < 4.78 is 1.75. The van der Waals surface area contributed by atoms with E-state index < -0.39 is 0 Å². The van der Waals surface area contributed by atoms with Gasteiger partial charge in [-0.15, -0.1) is 11.8 Å². The average Bonchev–Trinajstić information content (AvgIpc) is 2.72. The summed E-state index contributed by atoms with van der Waals surface area (Å²) in [6.07, 6.45) is 1.81. The van der Waals surface area contributed by atoms with E-state index in [1.54, 1.807) is 16.4 Å². The van der Waals surface area contributed by atoms with Crippen LogP contribution in [0.4, 0.5) is 5.82 Å². The van der Waals surface area contributed by atoms with E-state index in [9.17, 15) is 4.79 Å². The predicted molar refractivity (Wildman–Crippen MR) is 92.6 cm³/mol. The number of amides is 1. The Morgan fingerprint density at radius 2 is 2.13 bits per heavy atom. The molecule has 0 bridgehead atoms. The van der Waals surface area contributed by atoms with Crippen LogP contribution in [0.1, 0.15) is 22.1 Å². The molecule has 1 aliphatic rings. The summed E-state index contributed by atoms with van der Waals surface area (Å²) in [6, 6.07) is 10.2. The van der Waals surface area contributed by atoms with E-state index in [-0.39, 0.29) is 11.2 Å². The summed E-state index contributed by atoms with van der Waals surface area (Å²) in [5.74, 6) is 1.22. The third-order valence-electron chi connectivity index (χ3n) is 4.12. The van der Waals surface area contributed by atoms with Crippen molar-refractivity contribution < 1.29 is 4.79 Å². The van der Waals surface area contributed by atoms with Crippen molar-refractivity contribution in [1.82, 2.24) is 14.8 Å². The van der Waals surface area contributed by atoms with Crippen molar-refractivity contribution in [2.75, 3.05) is 11.1 Å². The molecule has 0 unspecified atom stereocenters. The Morgan fingerprint density at radius 1 is 1.30 bits per heavy atom. The fourth-order valence-corrected chi connectivity index (χ4v) is 4.34. The maximum absolute atomic E-state index is 12.1. The summed E-state index contributed by atoms with van der Waals surface area (Å²) in [7, 11) is 1.86. The first-order chi connectivity index (χ1) is 11.1. The highest BCUT2D eigenvalue weighted by molar-refractivity contribution is 8.00. The van der Waals surface area contributed by atoms with Gasteiger partial charge in [0.1, 0.15) is 5.82 Å². The average molecular weight is 324 g/mol. The number of para-hydroxylation sites is 1. The maximum Gasteiger partial charge on any atom is 0.235 e. The first kappa shape index (κ1) is 14.3. The number of aryl methyl sites for hydroxylation is 2. The smallest absolute Gasteiger partial charge is 0.235 e. The minimum Gasteiger partial charge on any atom is -0.310 e. The number of thioether (sulfide) groups is 1. The zero-order chi connectivity index (χ0) is 16.0. The van der Waals surface area contributed by atoms with E-state index in [1.165, 1.54) is 0 Å². The molecular formula is C17H16N4OS. The molecule has 6 heteroatoms. The van der Waals surface area contributed by atoms with E-state index in [1.807, 2.05) is 32.3 Å². The number of nitrogens with zero attached hydrogens (tertiary/aromatic N) is 3. The van der Waals surface area contributed by atoms with Gasteiger partial charge in [-0.1, -0.05) is 24.3 Å². The number of pyridine rings is 1. The zero-order valence-corrected chi connectivity index (χ0v) is 13.7. The number of hydrogen-bond acceptors (Lipinski definition) is 4. The van der Waals surface area contributed by atoms with Gasteiger partial charge in [0.15, 0.2) is 0 Å². The van der Waals surface area contributed by atoms with Gasteiger partial charge in [-0.2, -0.15) is 5.10 Å². The molecule has 1 amide bonds. The largest absolute Gasteiger partial charge is 0.310 e. The molecule has 3 heterocycles. The molecule has 0 spiro atoms. The summed E-state index contributed by atoms with van der Waals surface area (Å²) in [6.45, 7) is 1.99. The normalized spacial score (nSPS) is 17.7. The van der Waals surface area contributed by atoms with Crippen molar-refractivity contribution >= 4 is 34.4 Å². The van der Waals surface area contributed by atoms with Gasteiger partial charge in [0, 0.05) is 24.2 Å². The van der Waals surface area contributed by atoms with Crippen LogP contribution in [0.25, 0.3) is 10.9 Å². The van der Waals surface area contributed by atoms with Crippen LogP contribution in [-0.2, 0) is 11.8 Å². The lowest BCUT2D eigenvalue weighted by atomic mass is 10.0. The molecule has 1 atom stereocenters. The van der Waals surface area contributed by atoms with Crippen LogP contribution in [0.5, 0.6) is 0 Å². The van der Waals surface area contributed by atoms with Crippen LogP contribution < -0.4 is 5.32 Å². The van der Waals surface area contributed by atoms with Gasteiger partial charge in [-0.25, -0.2) is 0 Å². The Kier molecular flexibility index (Phi) is 3.34. The summed E-state index contributed by atoms with van der Waals surface area (Å²) in [4.78, 5) is 16.6. The van der Waals surface area contributed by atoms with Crippen LogP contribution in [0, 0.1) is 6.92 Å². The Bertz CT molecular complexity index is 913. The number of carbonyl (C=O) groups excluding carboxylic acids is 1. The van der Waals surface area contributed by atoms with E-state index in [2.05, 4.69) is 33.6 Å². The first-order valence-electron chi connectivity index (χ1n) is 7.43. The molecule has 4 rings (SSSR count). The molecule has 0 saturated carbocycles. The van der Waals surface area contributed by atoms with E-state index in [0.29, 0.717) is 5.75 Å². The van der Waals surface area contributed by atoms with Crippen LogP contribution in [0.3, 0.4) is 0 Å². The molecule has 0 aliphatic carbocycles. The van der Waals surface area contributed by atoms with Gasteiger partial charge >= 0.3 is 0 Å². The molecule has 0 saturated heterocycles. The molecule has 1 N–H and O–H groups in total. The third kappa shape index (κ3) is 2.30. The lowest BCUT2D eigenvalue weighted by Crippen LogP contribution is -2.15. The van der Waals surface area contributed by atoms with Crippen molar-refractivity contribution in [2.45, 2.75) is 12.2 Å². The molecule has 1 aliphatic heterocycles. The quantitative estimate of drug-likeness (QED) is 0.747. The highest BCUT2D eigenvalue weighted by Crippen LogP contribution is 2.44. The molecule has 0 radical (unpaired) electrons. The lowest BCUT2D eigenvalue weighted by molar-refractivity contribution is -0.113. The molecule has 0 fully saturated rings. The molecular weight excluding hydrogens is 308 g/mol. The van der Waals surface area contributed by atoms with Crippen LogP contribution >= 0.6 is 11.8 Å². The number of benzene rings is 1. The second kappa shape index (κ2) is 5.38.